The fraction of sp³-hybridized carbons (Fsp3) is 0.235. The number of alkyl carbamates (subject to hydrolysis) is 1. The fourth-order valence-electron chi connectivity index (χ4n) is 1.97. The summed E-state index contributed by atoms with van der Waals surface area (Å²) in [6, 6.07) is 13.8. The first-order chi connectivity index (χ1) is 11.2. The number of nitrogens with one attached hydrogen (secondary N) is 1. The zero-order valence-corrected chi connectivity index (χ0v) is 12.8. The number of carbonyl (C=O) groups excluding carboxylic acids is 2. The number of pyridine rings is 1. The number of carbonyl (C=O) groups is 2. The van der Waals surface area contributed by atoms with Crippen LogP contribution in [0.2, 0.25) is 0 Å². The summed E-state index contributed by atoms with van der Waals surface area (Å²) in [5.74, 6) is -0.549. The molecule has 1 N–H and O–H groups in total. The van der Waals surface area contributed by atoms with Crippen LogP contribution >= 0.6 is 0 Å². The van der Waals surface area contributed by atoms with E-state index in [1.165, 1.54) is 7.11 Å². The molecule has 0 aliphatic carbocycles. The number of methoxy groups -OCH3 is 1. The van der Waals surface area contributed by atoms with Crippen LogP contribution in [-0.4, -0.2) is 30.2 Å². The van der Waals surface area contributed by atoms with Crippen molar-refractivity contribution in [2.75, 3.05) is 7.11 Å². The second-order valence-electron chi connectivity index (χ2n) is 4.81. The molecule has 1 heterocycles. The number of nitrogens with zero attached hydrogens (tertiary/aromatic N) is 1. The van der Waals surface area contributed by atoms with Gasteiger partial charge in [-0.15, -0.1) is 0 Å². The van der Waals surface area contributed by atoms with Crippen LogP contribution in [0.25, 0.3) is 0 Å². The standard InChI is InChI=1S/C17H18N2O4/c1-22-16(20)15(11-14-9-5-6-10-18-14)19-17(21)23-12-13-7-3-2-4-8-13/h2-10,15H,11-12H2,1H3,(H,19,21)/t15-/m0/s1. The molecule has 0 bridgehead atoms. The summed E-state index contributed by atoms with van der Waals surface area (Å²) in [6.45, 7) is 0.129. The van der Waals surface area contributed by atoms with Crippen LogP contribution in [0.3, 0.4) is 0 Å². The zero-order chi connectivity index (χ0) is 16.5. The van der Waals surface area contributed by atoms with Crippen molar-refractivity contribution < 1.29 is 19.1 Å². The first-order valence-electron chi connectivity index (χ1n) is 7.14. The van der Waals surface area contributed by atoms with E-state index >= 15 is 0 Å². The number of hydrogen-bond acceptors (Lipinski definition) is 5. The van der Waals surface area contributed by atoms with Crippen LogP contribution < -0.4 is 5.32 Å². The Kier molecular flexibility index (Phi) is 6.11. The molecule has 0 saturated heterocycles. The molecular formula is C17H18N2O4. The molecule has 2 aromatic rings. The summed E-state index contributed by atoms with van der Waals surface area (Å²) < 4.78 is 9.82. The number of amides is 1. The van der Waals surface area contributed by atoms with Gasteiger partial charge in [-0.2, -0.15) is 0 Å². The maximum atomic E-state index is 11.9. The van der Waals surface area contributed by atoms with Gasteiger partial charge in [-0.05, 0) is 17.7 Å². The van der Waals surface area contributed by atoms with Crippen LogP contribution in [0, 0.1) is 0 Å². The van der Waals surface area contributed by atoms with Crippen molar-refractivity contribution in [3.63, 3.8) is 0 Å². The Bertz CT molecular complexity index is 632. The van der Waals surface area contributed by atoms with Crippen molar-refractivity contribution >= 4 is 12.1 Å². The Morgan fingerprint density at radius 2 is 1.87 bits per heavy atom. The van der Waals surface area contributed by atoms with Gasteiger partial charge < -0.3 is 14.8 Å². The summed E-state index contributed by atoms with van der Waals surface area (Å²) in [7, 11) is 1.27. The Hall–Kier alpha value is -2.89. The Morgan fingerprint density at radius 3 is 2.52 bits per heavy atom. The second-order valence-corrected chi connectivity index (χ2v) is 4.81. The van der Waals surface area contributed by atoms with Crippen molar-refractivity contribution in [3.05, 3.63) is 66.0 Å². The van der Waals surface area contributed by atoms with Gasteiger partial charge in [0, 0.05) is 18.3 Å². The highest BCUT2D eigenvalue weighted by atomic mass is 16.6. The lowest BCUT2D eigenvalue weighted by atomic mass is 10.1. The van der Waals surface area contributed by atoms with E-state index in [0.717, 1.165) is 5.56 Å². The number of hydrogen-bond donors (Lipinski definition) is 1. The predicted molar refractivity (Wildman–Crippen MR) is 83.5 cm³/mol. The second kappa shape index (κ2) is 8.53. The fourth-order valence-corrected chi connectivity index (χ4v) is 1.97. The van der Waals surface area contributed by atoms with Gasteiger partial charge in [0.15, 0.2) is 0 Å². The number of ether oxygens (including phenoxy) is 2. The molecule has 0 aliphatic rings. The lowest BCUT2D eigenvalue weighted by molar-refractivity contribution is -0.143. The minimum Gasteiger partial charge on any atom is -0.467 e. The molecule has 6 heteroatoms. The zero-order valence-electron chi connectivity index (χ0n) is 12.8. The molecule has 120 valence electrons. The summed E-state index contributed by atoms with van der Waals surface area (Å²) in [6.07, 6.45) is 1.17. The monoisotopic (exact) mass is 314 g/mol. The molecular weight excluding hydrogens is 296 g/mol. The quantitative estimate of drug-likeness (QED) is 0.826. The van der Waals surface area contributed by atoms with Crippen LogP contribution in [-0.2, 0) is 27.3 Å². The van der Waals surface area contributed by atoms with Crippen molar-refractivity contribution in [2.24, 2.45) is 0 Å². The molecule has 1 aromatic heterocycles. The van der Waals surface area contributed by atoms with E-state index in [2.05, 4.69) is 10.3 Å². The van der Waals surface area contributed by atoms with Crippen LogP contribution in [0.4, 0.5) is 4.79 Å². The van der Waals surface area contributed by atoms with Gasteiger partial charge in [0.2, 0.25) is 0 Å². The third-order valence-electron chi connectivity index (χ3n) is 3.13. The van der Waals surface area contributed by atoms with Gasteiger partial charge >= 0.3 is 12.1 Å². The summed E-state index contributed by atoms with van der Waals surface area (Å²) in [5, 5.41) is 2.51. The molecule has 23 heavy (non-hydrogen) atoms. The van der Waals surface area contributed by atoms with Gasteiger partial charge in [-0.25, -0.2) is 9.59 Å². The molecule has 0 fully saturated rings. The van der Waals surface area contributed by atoms with Gasteiger partial charge in [-0.1, -0.05) is 36.4 Å². The number of benzene rings is 1. The minimum atomic E-state index is -0.849. The van der Waals surface area contributed by atoms with E-state index in [1.807, 2.05) is 36.4 Å². The highest BCUT2D eigenvalue weighted by Gasteiger charge is 2.23. The van der Waals surface area contributed by atoms with E-state index in [4.69, 9.17) is 9.47 Å². The first kappa shape index (κ1) is 16.5. The van der Waals surface area contributed by atoms with Crippen molar-refractivity contribution in [1.82, 2.24) is 10.3 Å². The molecule has 6 nitrogen and oxygen atoms in total. The van der Waals surface area contributed by atoms with E-state index in [9.17, 15) is 9.59 Å². The molecule has 0 aliphatic heterocycles. The normalized spacial score (nSPS) is 11.3. The Balaban J connectivity index is 1.91. The Morgan fingerprint density at radius 1 is 1.13 bits per heavy atom. The third-order valence-corrected chi connectivity index (χ3v) is 3.13. The van der Waals surface area contributed by atoms with Crippen LogP contribution in [0.15, 0.2) is 54.7 Å². The van der Waals surface area contributed by atoms with Crippen molar-refractivity contribution in [2.45, 2.75) is 19.1 Å². The molecule has 1 aromatic carbocycles. The topological polar surface area (TPSA) is 77.5 Å². The summed E-state index contributed by atoms with van der Waals surface area (Å²) >= 11 is 0. The highest BCUT2D eigenvalue weighted by molar-refractivity contribution is 5.81. The molecule has 1 amide bonds. The molecule has 2 rings (SSSR count). The maximum absolute atomic E-state index is 11.9. The van der Waals surface area contributed by atoms with Crippen molar-refractivity contribution in [3.8, 4) is 0 Å². The van der Waals surface area contributed by atoms with Gasteiger partial charge in [-0.3, -0.25) is 4.98 Å². The molecule has 0 spiro atoms. The van der Waals surface area contributed by atoms with E-state index < -0.39 is 18.1 Å². The molecule has 1 atom stereocenters. The predicted octanol–water partition coefficient (Wildman–Crippen LogP) is 2.09. The van der Waals surface area contributed by atoms with Crippen molar-refractivity contribution in [1.29, 1.82) is 0 Å². The summed E-state index contributed by atoms with van der Waals surface area (Å²) in [4.78, 5) is 27.8. The third kappa shape index (κ3) is 5.43. The van der Waals surface area contributed by atoms with E-state index in [0.29, 0.717) is 5.69 Å². The largest absolute Gasteiger partial charge is 0.467 e. The van der Waals surface area contributed by atoms with Crippen LogP contribution in [0.1, 0.15) is 11.3 Å². The van der Waals surface area contributed by atoms with E-state index in [1.54, 1.807) is 18.3 Å². The average molecular weight is 314 g/mol. The summed E-state index contributed by atoms with van der Waals surface area (Å²) in [5.41, 5.74) is 1.54. The van der Waals surface area contributed by atoms with Gasteiger partial charge in [0.05, 0.1) is 7.11 Å². The first-order valence-corrected chi connectivity index (χ1v) is 7.14. The van der Waals surface area contributed by atoms with E-state index in [-0.39, 0.29) is 13.0 Å². The van der Waals surface area contributed by atoms with Crippen LogP contribution in [0.5, 0.6) is 0 Å². The Labute approximate surface area is 134 Å². The highest BCUT2D eigenvalue weighted by Crippen LogP contribution is 2.04. The maximum Gasteiger partial charge on any atom is 0.408 e. The van der Waals surface area contributed by atoms with Gasteiger partial charge in [0.25, 0.3) is 0 Å². The number of rotatable bonds is 6. The van der Waals surface area contributed by atoms with Gasteiger partial charge in [0.1, 0.15) is 12.6 Å². The molecule has 0 unspecified atom stereocenters. The smallest absolute Gasteiger partial charge is 0.408 e. The minimum absolute atomic E-state index is 0.129. The lowest BCUT2D eigenvalue weighted by Crippen LogP contribution is -2.43. The molecule has 0 saturated carbocycles. The lowest BCUT2D eigenvalue weighted by Gasteiger charge is -2.16. The molecule has 0 radical (unpaired) electrons. The number of esters is 1. The number of aromatic nitrogens is 1. The SMILES string of the molecule is COC(=O)[C@H](Cc1ccccn1)NC(=O)OCc1ccccc1. The average Bonchev–Trinajstić information content (AvgIpc) is 2.60.